The Morgan fingerprint density at radius 3 is 2.30 bits per heavy atom. The number of aromatic nitrogens is 2. The molecule has 0 aliphatic heterocycles. The zero-order chi connectivity index (χ0) is 27.2. The molecule has 37 heavy (non-hydrogen) atoms. The second-order valence-electron chi connectivity index (χ2n) is 10.2. The van der Waals surface area contributed by atoms with Crippen LogP contribution in [0, 0.1) is 18.8 Å². The number of hydrogen-bond acceptors (Lipinski definition) is 4. The second-order valence-corrected chi connectivity index (χ2v) is 10.6. The number of para-hydroxylation sites is 1. The van der Waals surface area contributed by atoms with Gasteiger partial charge in [0, 0.05) is 24.5 Å². The van der Waals surface area contributed by atoms with Gasteiger partial charge in [0.2, 0.25) is 0 Å². The Balaban J connectivity index is 0.000000197. The summed E-state index contributed by atoms with van der Waals surface area (Å²) in [4.78, 5) is 21.4. The van der Waals surface area contributed by atoms with Crippen LogP contribution in [0.2, 0.25) is 5.02 Å². The molecule has 1 saturated carbocycles. The summed E-state index contributed by atoms with van der Waals surface area (Å²) in [7, 11) is 3.99. The van der Waals surface area contributed by atoms with Gasteiger partial charge in [0.1, 0.15) is 11.6 Å². The first kappa shape index (κ1) is 30.5. The van der Waals surface area contributed by atoms with Gasteiger partial charge in [-0.25, -0.2) is 9.97 Å². The van der Waals surface area contributed by atoms with Gasteiger partial charge in [-0.2, -0.15) is 0 Å². The van der Waals surface area contributed by atoms with Crippen molar-refractivity contribution < 1.29 is 4.79 Å². The van der Waals surface area contributed by atoms with Crippen LogP contribution < -0.4 is 4.90 Å². The van der Waals surface area contributed by atoms with Gasteiger partial charge in [-0.1, -0.05) is 101 Å². The fourth-order valence-electron chi connectivity index (χ4n) is 4.44. The molecule has 4 nitrogen and oxygen atoms in total. The SMILES string of the molecule is CC(=O)/C=C/c1ccccc1Cl.CCCCC1CCC(C)CC1.Cc1nc(N(C)C)c2ccccc2n1. The van der Waals surface area contributed by atoms with Crippen LogP contribution in [-0.4, -0.2) is 29.8 Å². The highest BCUT2D eigenvalue weighted by atomic mass is 35.5. The number of fused-ring (bicyclic) bond motifs is 1. The lowest BCUT2D eigenvalue weighted by atomic mass is 9.81. The summed E-state index contributed by atoms with van der Waals surface area (Å²) in [5.74, 6) is 3.93. The van der Waals surface area contributed by atoms with E-state index >= 15 is 0 Å². The van der Waals surface area contributed by atoms with E-state index in [1.165, 1.54) is 57.9 Å². The van der Waals surface area contributed by atoms with E-state index in [2.05, 4.69) is 23.8 Å². The summed E-state index contributed by atoms with van der Waals surface area (Å²) in [6.07, 6.45) is 13.6. The summed E-state index contributed by atoms with van der Waals surface area (Å²) >= 11 is 5.85. The third kappa shape index (κ3) is 11.1. The number of rotatable bonds is 6. The molecular weight excluding hydrogens is 478 g/mol. The van der Waals surface area contributed by atoms with Crippen LogP contribution in [0.5, 0.6) is 0 Å². The van der Waals surface area contributed by atoms with Crippen LogP contribution in [0.4, 0.5) is 5.82 Å². The van der Waals surface area contributed by atoms with E-state index in [1.54, 1.807) is 12.1 Å². The molecule has 0 saturated heterocycles. The highest BCUT2D eigenvalue weighted by Crippen LogP contribution is 2.31. The van der Waals surface area contributed by atoms with Gasteiger partial charge >= 0.3 is 0 Å². The topological polar surface area (TPSA) is 46.1 Å². The van der Waals surface area contributed by atoms with E-state index in [0.29, 0.717) is 5.02 Å². The lowest BCUT2D eigenvalue weighted by molar-refractivity contribution is -0.112. The summed E-state index contributed by atoms with van der Waals surface area (Å²) in [6, 6.07) is 15.5. The first-order valence-corrected chi connectivity index (χ1v) is 13.9. The third-order valence-corrected chi connectivity index (χ3v) is 6.97. The standard InChI is InChI=1S/C11H13N3.C11H22.C10H9ClO/c1-8-12-10-7-5-4-6-9(10)11(13-8)14(2)3;1-3-4-5-11-8-6-10(2)7-9-11;1-8(12)6-7-9-4-2-3-5-10(9)11/h4-7H,1-3H3;10-11H,3-9H2,1-2H3;2-7H,1H3/b;;7-6+. The van der Waals surface area contributed by atoms with Crippen molar-refractivity contribution in [2.24, 2.45) is 11.8 Å². The summed E-state index contributed by atoms with van der Waals surface area (Å²) in [6.45, 7) is 8.12. The highest BCUT2D eigenvalue weighted by molar-refractivity contribution is 6.32. The average molecular weight is 522 g/mol. The summed E-state index contributed by atoms with van der Waals surface area (Å²) in [5.41, 5.74) is 1.87. The van der Waals surface area contributed by atoms with Crippen molar-refractivity contribution in [2.75, 3.05) is 19.0 Å². The number of benzene rings is 2. The monoisotopic (exact) mass is 521 g/mol. The van der Waals surface area contributed by atoms with E-state index in [-0.39, 0.29) is 5.78 Å². The van der Waals surface area contributed by atoms with Crippen LogP contribution in [0.1, 0.15) is 77.1 Å². The minimum absolute atomic E-state index is 0.0231. The van der Waals surface area contributed by atoms with Crippen molar-refractivity contribution in [3.05, 3.63) is 71.0 Å². The minimum atomic E-state index is 0.0231. The Hall–Kier alpha value is -2.72. The molecule has 1 aliphatic carbocycles. The minimum Gasteiger partial charge on any atom is -0.362 e. The lowest BCUT2D eigenvalue weighted by Gasteiger charge is -2.25. The van der Waals surface area contributed by atoms with Gasteiger partial charge in [0.25, 0.3) is 0 Å². The van der Waals surface area contributed by atoms with Crippen LogP contribution in [0.25, 0.3) is 17.0 Å². The van der Waals surface area contributed by atoms with Crippen LogP contribution in [0.3, 0.4) is 0 Å². The molecule has 0 bridgehead atoms. The predicted molar refractivity (Wildman–Crippen MR) is 160 cm³/mol. The molecule has 3 aromatic rings. The molecule has 200 valence electrons. The van der Waals surface area contributed by atoms with Crippen molar-refractivity contribution in [3.8, 4) is 0 Å². The van der Waals surface area contributed by atoms with Crippen LogP contribution in [-0.2, 0) is 4.79 Å². The molecule has 1 aliphatic rings. The largest absolute Gasteiger partial charge is 0.362 e. The number of nitrogens with zero attached hydrogens (tertiary/aromatic N) is 3. The van der Waals surface area contributed by atoms with Crippen LogP contribution in [0.15, 0.2) is 54.6 Å². The number of carbonyl (C=O) groups is 1. The van der Waals surface area contributed by atoms with Gasteiger partial charge in [-0.05, 0) is 61.6 Å². The molecule has 0 amide bonds. The Kier molecular flexibility index (Phi) is 13.3. The van der Waals surface area contributed by atoms with E-state index in [0.717, 1.165) is 39.9 Å². The van der Waals surface area contributed by atoms with Gasteiger partial charge in [0.05, 0.1) is 5.52 Å². The first-order chi connectivity index (χ1) is 17.7. The molecule has 5 heteroatoms. The highest BCUT2D eigenvalue weighted by Gasteiger charge is 2.17. The number of anilines is 1. The summed E-state index contributed by atoms with van der Waals surface area (Å²) in [5, 5.41) is 1.76. The van der Waals surface area contributed by atoms with E-state index in [9.17, 15) is 4.79 Å². The van der Waals surface area contributed by atoms with Crippen LogP contribution >= 0.6 is 11.6 Å². The van der Waals surface area contributed by atoms with Gasteiger partial charge in [-0.15, -0.1) is 0 Å². The Labute approximate surface area is 229 Å². The molecular formula is C32H44ClN3O. The molecule has 2 aromatic carbocycles. The molecule has 1 heterocycles. The Morgan fingerprint density at radius 1 is 1.03 bits per heavy atom. The van der Waals surface area contributed by atoms with Gasteiger partial charge in [0.15, 0.2) is 5.78 Å². The molecule has 0 radical (unpaired) electrons. The number of hydrogen-bond donors (Lipinski definition) is 0. The van der Waals surface area contributed by atoms with Crippen molar-refractivity contribution in [1.82, 2.24) is 9.97 Å². The zero-order valence-corrected chi connectivity index (χ0v) is 24.3. The number of aryl methyl sites for hydroxylation is 1. The van der Waals surface area contributed by atoms with Crippen molar-refractivity contribution in [1.29, 1.82) is 0 Å². The third-order valence-electron chi connectivity index (χ3n) is 6.62. The zero-order valence-electron chi connectivity index (χ0n) is 23.5. The number of halogens is 1. The molecule has 1 aromatic heterocycles. The second kappa shape index (κ2) is 16.2. The average Bonchev–Trinajstić information content (AvgIpc) is 2.88. The molecule has 0 atom stereocenters. The van der Waals surface area contributed by atoms with Crippen molar-refractivity contribution in [3.63, 3.8) is 0 Å². The van der Waals surface area contributed by atoms with E-state index in [1.807, 2.05) is 68.4 Å². The maximum absolute atomic E-state index is 10.6. The summed E-state index contributed by atoms with van der Waals surface area (Å²) < 4.78 is 0. The smallest absolute Gasteiger partial charge is 0.152 e. The maximum atomic E-state index is 10.6. The van der Waals surface area contributed by atoms with Crippen molar-refractivity contribution >= 4 is 40.2 Å². The quantitative estimate of drug-likeness (QED) is 0.303. The number of allylic oxidation sites excluding steroid dienone is 1. The Morgan fingerprint density at radius 2 is 1.68 bits per heavy atom. The number of unbranched alkanes of at least 4 members (excludes halogenated alkanes) is 1. The Bertz CT molecular complexity index is 1130. The molecule has 0 N–H and O–H groups in total. The predicted octanol–water partition coefficient (Wildman–Crippen LogP) is 8.95. The van der Waals surface area contributed by atoms with Gasteiger partial charge in [-0.3, -0.25) is 4.79 Å². The maximum Gasteiger partial charge on any atom is 0.152 e. The number of carbonyl (C=O) groups excluding carboxylic acids is 1. The van der Waals surface area contributed by atoms with E-state index in [4.69, 9.17) is 11.6 Å². The molecule has 4 rings (SSSR count). The lowest BCUT2D eigenvalue weighted by Crippen LogP contribution is -2.12. The molecule has 1 fully saturated rings. The van der Waals surface area contributed by atoms with Gasteiger partial charge < -0.3 is 4.90 Å². The fraction of sp³-hybridized carbons (Fsp3) is 0.469. The van der Waals surface area contributed by atoms with Crippen molar-refractivity contribution in [2.45, 2.75) is 72.6 Å². The molecule has 0 spiro atoms. The number of ketones is 1. The normalized spacial score (nSPS) is 16.9. The fourth-order valence-corrected chi connectivity index (χ4v) is 4.64. The first-order valence-electron chi connectivity index (χ1n) is 13.5. The molecule has 0 unspecified atom stereocenters. The van der Waals surface area contributed by atoms with E-state index < -0.39 is 0 Å².